The van der Waals surface area contributed by atoms with Gasteiger partial charge in [0, 0.05) is 44.3 Å². The van der Waals surface area contributed by atoms with Gasteiger partial charge in [-0.05, 0) is 37.1 Å². The van der Waals surface area contributed by atoms with Crippen LogP contribution in [-0.4, -0.2) is 86.2 Å². The zero-order valence-corrected chi connectivity index (χ0v) is 24.6. The first-order valence-electron chi connectivity index (χ1n) is 14.9. The molecule has 2 saturated heterocycles. The third-order valence-corrected chi connectivity index (χ3v) is 8.72. The van der Waals surface area contributed by atoms with Gasteiger partial charge in [0.2, 0.25) is 17.6 Å². The summed E-state index contributed by atoms with van der Waals surface area (Å²) in [4.78, 5) is 34.5. The summed E-state index contributed by atoms with van der Waals surface area (Å²) in [6, 6.07) is 15.8. The lowest BCUT2D eigenvalue weighted by atomic mass is 10.0. The van der Waals surface area contributed by atoms with Crippen molar-refractivity contribution >= 4 is 27.8 Å². The SMILES string of the molecule is COc1nc2ccccc2cc1-c1cnc(C2CN(C3CCOCC3)CCN2C(=O)Cn2c(C(F)(F)F)nc3ccccc32)[nH]1. The second-order valence-corrected chi connectivity index (χ2v) is 11.4. The van der Waals surface area contributed by atoms with Gasteiger partial charge in [-0.15, -0.1) is 0 Å². The Morgan fingerprint density at radius 2 is 1.80 bits per heavy atom. The number of hydrogen-bond acceptors (Lipinski definition) is 7. The number of benzene rings is 2. The number of ether oxygens (including phenoxy) is 2. The maximum Gasteiger partial charge on any atom is 0.449 e. The van der Waals surface area contributed by atoms with E-state index >= 15 is 0 Å². The Hall–Kier alpha value is -4.49. The molecule has 0 aliphatic carbocycles. The van der Waals surface area contributed by atoms with Crippen molar-refractivity contribution < 1.29 is 27.4 Å². The fraction of sp³-hybridized carbons (Fsp3) is 0.375. The number of nitrogens with one attached hydrogen (secondary N) is 1. The van der Waals surface area contributed by atoms with Crippen LogP contribution in [-0.2, 0) is 22.3 Å². The van der Waals surface area contributed by atoms with Gasteiger partial charge in [0.05, 0.1) is 41.1 Å². The van der Waals surface area contributed by atoms with Crippen LogP contribution < -0.4 is 4.74 Å². The van der Waals surface area contributed by atoms with Crippen LogP contribution in [0.25, 0.3) is 33.2 Å². The van der Waals surface area contributed by atoms with Gasteiger partial charge in [-0.2, -0.15) is 13.2 Å². The minimum atomic E-state index is -4.72. The van der Waals surface area contributed by atoms with Crippen molar-refractivity contribution in [1.82, 2.24) is 34.3 Å². The summed E-state index contributed by atoms with van der Waals surface area (Å²) in [5.74, 6) is -0.568. The predicted octanol–water partition coefficient (Wildman–Crippen LogP) is 5.07. The number of rotatable bonds is 6. The molecule has 13 heteroatoms. The van der Waals surface area contributed by atoms with Gasteiger partial charge in [-0.3, -0.25) is 9.69 Å². The summed E-state index contributed by atoms with van der Waals surface area (Å²) >= 11 is 0. The van der Waals surface area contributed by atoms with Crippen molar-refractivity contribution in [3.8, 4) is 17.1 Å². The Balaban J connectivity index is 1.24. The molecule has 0 radical (unpaired) electrons. The number of H-pyrrole nitrogens is 1. The van der Waals surface area contributed by atoms with Crippen LogP contribution in [0.4, 0.5) is 13.2 Å². The molecule has 2 aliphatic rings. The molecular weight excluding hydrogens is 587 g/mol. The molecule has 1 atom stereocenters. The number of alkyl halides is 3. The summed E-state index contributed by atoms with van der Waals surface area (Å²) in [5, 5.41) is 0.928. The number of nitrogens with zero attached hydrogens (tertiary/aromatic N) is 6. The van der Waals surface area contributed by atoms with Gasteiger partial charge in [0.15, 0.2) is 0 Å². The maximum absolute atomic E-state index is 14.0. The lowest BCUT2D eigenvalue weighted by Crippen LogP contribution is -2.55. The molecule has 1 N–H and O–H groups in total. The zero-order chi connectivity index (χ0) is 31.1. The van der Waals surface area contributed by atoms with E-state index in [1.807, 2.05) is 30.3 Å². The van der Waals surface area contributed by atoms with E-state index in [2.05, 4.69) is 19.9 Å². The number of piperazine rings is 1. The number of halogens is 3. The predicted molar refractivity (Wildman–Crippen MR) is 160 cm³/mol. The van der Waals surface area contributed by atoms with Crippen LogP contribution >= 0.6 is 0 Å². The third kappa shape index (κ3) is 5.61. The van der Waals surface area contributed by atoms with Crippen molar-refractivity contribution in [2.75, 3.05) is 40.0 Å². The minimum absolute atomic E-state index is 0.187. The Morgan fingerprint density at radius 3 is 2.58 bits per heavy atom. The Bertz CT molecular complexity index is 1850. The zero-order valence-electron chi connectivity index (χ0n) is 24.6. The van der Waals surface area contributed by atoms with Crippen molar-refractivity contribution in [1.29, 1.82) is 0 Å². The molecule has 234 valence electrons. The number of hydrogen-bond donors (Lipinski definition) is 1. The van der Waals surface area contributed by atoms with E-state index in [4.69, 9.17) is 14.5 Å². The number of methoxy groups -OCH3 is 1. The summed E-state index contributed by atoms with van der Waals surface area (Å²) in [6.07, 6.45) is -1.28. The van der Waals surface area contributed by atoms with Crippen LogP contribution in [0.2, 0.25) is 0 Å². The first-order valence-corrected chi connectivity index (χ1v) is 14.9. The number of aromatic amines is 1. The first-order chi connectivity index (χ1) is 21.8. The van der Waals surface area contributed by atoms with E-state index in [9.17, 15) is 18.0 Å². The van der Waals surface area contributed by atoms with Gasteiger partial charge in [0.25, 0.3) is 0 Å². The number of aromatic nitrogens is 5. The molecule has 5 heterocycles. The Morgan fingerprint density at radius 1 is 1.04 bits per heavy atom. The van der Waals surface area contributed by atoms with E-state index < -0.39 is 30.5 Å². The number of carbonyl (C=O) groups is 1. The molecule has 7 rings (SSSR count). The fourth-order valence-corrected chi connectivity index (χ4v) is 6.49. The number of pyridine rings is 1. The standard InChI is InChI=1S/C32H32F3N7O3/c1-44-30-22(16-20-6-2-3-7-23(20)38-30)25-17-36-29(37-25)27-18-40(21-10-14-45-15-11-21)12-13-41(27)28(43)19-42-26-9-5-4-8-24(26)39-31(42)32(33,34)35/h2-9,16-17,21,27H,10-15,18-19H2,1H3,(H,36,37). The number of para-hydroxylation sites is 3. The lowest BCUT2D eigenvalue weighted by Gasteiger charge is -2.44. The second-order valence-electron chi connectivity index (χ2n) is 11.4. The summed E-state index contributed by atoms with van der Waals surface area (Å²) in [6.45, 7) is 2.25. The Kier molecular flexibility index (Phi) is 7.66. The average Bonchev–Trinajstić information content (AvgIpc) is 3.70. The summed E-state index contributed by atoms with van der Waals surface area (Å²) in [5.41, 5.74) is 2.61. The van der Waals surface area contributed by atoms with Crippen LogP contribution in [0.1, 0.15) is 30.5 Å². The van der Waals surface area contributed by atoms with Gasteiger partial charge in [0.1, 0.15) is 18.4 Å². The quantitative estimate of drug-likeness (QED) is 0.283. The largest absolute Gasteiger partial charge is 0.480 e. The molecule has 3 aromatic heterocycles. The van der Waals surface area contributed by atoms with Crippen LogP contribution in [0.5, 0.6) is 5.88 Å². The number of amides is 1. The average molecular weight is 620 g/mol. The molecule has 0 saturated carbocycles. The number of fused-ring (bicyclic) bond motifs is 2. The van der Waals surface area contributed by atoms with Gasteiger partial charge in [-0.25, -0.2) is 15.0 Å². The highest BCUT2D eigenvalue weighted by atomic mass is 19.4. The molecule has 1 unspecified atom stereocenters. The molecule has 45 heavy (non-hydrogen) atoms. The normalized spacial score (nSPS) is 18.6. The highest BCUT2D eigenvalue weighted by molar-refractivity contribution is 5.85. The molecule has 5 aromatic rings. The smallest absolute Gasteiger partial charge is 0.449 e. The first kappa shape index (κ1) is 29.2. The maximum atomic E-state index is 14.0. The van der Waals surface area contributed by atoms with E-state index in [0.717, 1.165) is 28.3 Å². The van der Waals surface area contributed by atoms with E-state index in [1.165, 1.54) is 6.07 Å². The second kappa shape index (κ2) is 11.8. The van der Waals surface area contributed by atoms with Crippen molar-refractivity contribution in [2.24, 2.45) is 0 Å². The van der Waals surface area contributed by atoms with Crippen LogP contribution in [0.15, 0.2) is 60.8 Å². The topological polar surface area (TPSA) is 101 Å². The molecule has 2 aromatic carbocycles. The lowest BCUT2D eigenvalue weighted by molar-refractivity contribution is -0.149. The molecular formula is C32H32F3N7O3. The van der Waals surface area contributed by atoms with Crippen molar-refractivity contribution in [3.05, 3.63) is 72.4 Å². The molecule has 0 spiro atoms. The van der Waals surface area contributed by atoms with E-state index in [-0.39, 0.29) is 17.1 Å². The number of imidazole rings is 2. The highest BCUT2D eigenvalue weighted by Gasteiger charge is 2.40. The summed E-state index contributed by atoms with van der Waals surface area (Å²) < 4.78 is 54.3. The molecule has 2 fully saturated rings. The van der Waals surface area contributed by atoms with E-state index in [1.54, 1.807) is 36.4 Å². The van der Waals surface area contributed by atoms with E-state index in [0.29, 0.717) is 55.8 Å². The van der Waals surface area contributed by atoms with Gasteiger partial charge in [-0.1, -0.05) is 30.3 Å². The van der Waals surface area contributed by atoms with Gasteiger partial charge < -0.3 is 23.9 Å². The molecule has 0 bridgehead atoms. The molecule has 10 nitrogen and oxygen atoms in total. The third-order valence-electron chi connectivity index (χ3n) is 8.72. The molecule has 1 amide bonds. The minimum Gasteiger partial charge on any atom is -0.480 e. The van der Waals surface area contributed by atoms with Crippen molar-refractivity contribution in [2.45, 2.75) is 37.6 Å². The van der Waals surface area contributed by atoms with Gasteiger partial charge >= 0.3 is 6.18 Å². The fourth-order valence-electron chi connectivity index (χ4n) is 6.49. The summed E-state index contributed by atoms with van der Waals surface area (Å²) in [7, 11) is 1.56. The number of carbonyl (C=O) groups excluding carboxylic acids is 1. The van der Waals surface area contributed by atoms with Crippen LogP contribution in [0.3, 0.4) is 0 Å². The monoisotopic (exact) mass is 619 g/mol. The molecule has 2 aliphatic heterocycles. The van der Waals surface area contributed by atoms with Crippen molar-refractivity contribution in [3.63, 3.8) is 0 Å². The highest BCUT2D eigenvalue weighted by Crippen LogP contribution is 2.35. The Labute approximate surface area is 256 Å². The van der Waals surface area contributed by atoms with Crippen LogP contribution in [0, 0.1) is 0 Å².